The third kappa shape index (κ3) is 4.35. The Kier molecular flexibility index (Phi) is 5.88. The fourth-order valence-corrected chi connectivity index (χ4v) is 3.00. The molecule has 0 saturated carbocycles. The summed E-state index contributed by atoms with van der Waals surface area (Å²) in [6.07, 6.45) is 2.26. The van der Waals surface area contributed by atoms with Gasteiger partial charge in [-0.3, -0.25) is 0 Å². The molecule has 0 aliphatic rings. The Morgan fingerprint density at radius 3 is 2.43 bits per heavy atom. The summed E-state index contributed by atoms with van der Waals surface area (Å²) in [6.45, 7) is 9.38. The molecule has 0 radical (unpaired) electrons. The minimum Gasteiger partial charge on any atom is -0.436 e. The molecule has 0 fully saturated rings. The molecule has 0 saturated heterocycles. The van der Waals surface area contributed by atoms with Crippen LogP contribution in [-0.4, -0.2) is 11.5 Å². The number of aryl methyl sites for hydroxylation is 2. The smallest absolute Gasteiger partial charge is 0.260 e. The normalized spacial score (nSPS) is 12.6. The first-order valence-electron chi connectivity index (χ1n) is 7.59. The van der Waals surface area contributed by atoms with Crippen LogP contribution in [-0.2, 0) is 0 Å². The van der Waals surface area contributed by atoms with Gasteiger partial charge in [0.2, 0.25) is 0 Å². The molecule has 0 spiro atoms. The van der Waals surface area contributed by atoms with E-state index in [1.54, 1.807) is 11.8 Å². The van der Waals surface area contributed by atoms with Gasteiger partial charge in [-0.25, -0.2) is 4.98 Å². The molecule has 21 heavy (non-hydrogen) atoms. The molecule has 0 amide bonds. The van der Waals surface area contributed by atoms with E-state index in [4.69, 9.17) is 4.42 Å². The summed E-state index contributed by atoms with van der Waals surface area (Å²) in [7, 11) is 0. The van der Waals surface area contributed by atoms with E-state index in [-0.39, 0.29) is 0 Å². The molecular weight excluding hydrogens is 280 g/mol. The van der Waals surface area contributed by atoms with Crippen molar-refractivity contribution in [3.8, 4) is 0 Å². The van der Waals surface area contributed by atoms with Gasteiger partial charge in [0.05, 0.1) is 5.69 Å². The van der Waals surface area contributed by atoms with Gasteiger partial charge < -0.3 is 9.73 Å². The van der Waals surface area contributed by atoms with Crippen LogP contribution in [0.15, 0.2) is 38.8 Å². The van der Waals surface area contributed by atoms with Crippen molar-refractivity contribution in [2.75, 3.05) is 6.54 Å². The number of hydrogen-bond acceptors (Lipinski definition) is 4. The Balaban J connectivity index is 2.04. The number of hydrogen-bond donors (Lipinski definition) is 1. The first-order valence-corrected chi connectivity index (χ1v) is 8.40. The van der Waals surface area contributed by atoms with Crippen LogP contribution in [0.5, 0.6) is 0 Å². The number of aromatic nitrogens is 1. The lowest BCUT2D eigenvalue weighted by Gasteiger charge is -2.17. The monoisotopic (exact) mass is 304 g/mol. The second-order valence-corrected chi connectivity index (χ2v) is 6.23. The lowest BCUT2D eigenvalue weighted by atomic mass is 10.0. The van der Waals surface area contributed by atoms with E-state index in [2.05, 4.69) is 48.4 Å². The van der Waals surface area contributed by atoms with Gasteiger partial charge in [-0.15, -0.1) is 0 Å². The van der Waals surface area contributed by atoms with E-state index in [0.29, 0.717) is 11.3 Å². The second kappa shape index (κ2) is 7.66. The highest BCUT2D eigenvalue weighted by Crippen LogP contribution is 2.29. The number of nitrogens with one attached hydrogen (secondary N) is 1. The molecule has 2 aromatic rings. The van der Waals surface area contributed by atoms with Gasteiger partial charge in [-0.2, -0.15) is 0 Å². The maximum atomic E-state index is 5.61. The highest BCUT2D eigenvalue weighted by molar-refractivity contribution is 7.99. The van der Waals surface area contributed by atoms with E-state index in [1.807, 2.05) is 13.8 Å². The van der Waals surface area contributed by atoms with E-state index in [0.717, 1.165) is 35.7 Å². The summed E-state index contributed by atoms with van der Waals surface area (Å²) in [5.41, 5.74) is 2.30. The van der Waals surface area contributed by atoms with E-state index >= 15 is 0 Å². The quantitative estimate of drug-likeness (QED) is 0.790. The van der Waals surface area contributed by atoms with Gasteiger partial charge in [-0.05, 0) is 62.7 Å². The zero-order chi connectivity index (χ0) is 15.2. The molecule has 1 unspecified atom stereocenters. The largest absolute Gasteiger partial charge is 0.436 e. The molecule has 4 heteroatoms. The molecule has 0 aliphatic carbocycles. The molecule has 3 nitrogen and oxygen atoms in total. The van der Waals surface area contributed by atoms with Crippen molar-refractivity contribution >= 4 is 11.8 Å². The van der Waals surface area contributed by atoms with E-state index < -0.39 is 0 Å². The van der Waals surface area contributed by atoms with Crippen LogP contribution < -0.4 is 5.32 Å². The minimum atomic E-state index is 0.440. The van der Waals surface area contributed by atoms with Crippen molar-refractivity contribution in [1.29, 1.82) is 0 Å². The number of benzene rings is 1. The third-order valence-electron chi connectivity index (χ3n) is 3.55. The van der Waals surface area contributed by atoms with Gasteiger partial charge in [-0.1, -0.05) is 26.0 Å². The molecule has 1 aromatic heterocycles. The molecular formula is C17H24N2OS. The first kappa shape index (κ1) is 16.1. The molecule has 0 aliphatic heterocycles. The summed E-state index contributed by atoms with van der Waals surface area (Å²) in [5, 5.41) is 4.29. The minimum absolute atomic E-state index is 0.440. The SMILES string of the molecule is CCCNC(CC)c1ccc(Sc2nc(C)c(C)o2)cc1. The predicted molar refractivity (Wildman–Crippen MR) is 87.9 cm³/mol. The first-order chi connectivity index (χ1) is 10.1. The predicted octanol–water partition coefficient (Wildman–Crippen LogP) is 4.89. The van der Waals surface area contributed by atoms with Crippen LogP contribution in [0.4, 0.5) is 0 Å². The highest BCUT2D eigenvalue weighted by atomic mass is 32.2. The Morgan fingerprint density at radius 2 is 1.90 bits per heavy atom. The number of oxazole rings is 1. The summed E-state index contributed by atoms with van der Waals surface area (Å²) >= 11 is 1.57. The average molecular weight is 304 g/mol. The second-order valence-electron chi connectivity index (χ2n) is 5.21. The van der Waals surface area contributed by atoms with Gasteiger partial charge in [0.25, 0.3) is 5.22 Å². The Labute approximate surface area is 131 Å². The summed E-state index contributed by atoms with van der Waals surface area (Å²) in [5.74, 6) is 0.893. The topological polar surface area (TPSA) is 38.1 Å². The van der Waals surface area contributed by atoms with Crippen molar-refractivity contribution in [2.24, 2.45) is 0 Å². The van der Waals surface area contributed by atoms with E-state index in [1.165, 1.54) is 5.56 Å². The zero-order valence-corrected chi connectivity index (χ0v) is 14.1. The van der Waals surface area contributed by atoms with Crippen molar-refractivity contribution in [3.05, 3.63) is 41.3 Å². The molecule has 1 N–H and O–H groups in total. The molecule has 1 atom stereocenters. The zero-order valence-electron chi connectivity index (χ0n) is 13.3. The van der Waals surface area contributed by atoms with Crippen LogP contribution in [0.1, 0.15) is 49.7 Å². The lowest BCUT2D eigenvalue weighted by molar-refractivity contribution is 0.431. The summed E-state index contributed by atoms with van der Waals surface area (Å²) in [6, 6.07) is 9.12. The van der Waals surface area contributed by atoms with Gasteiger partial charge in [0, 0.05) is 10.9 Å². The van der Waals surface area contributed by atoms with Crippen LogP contribution in [0.3, 0.4) is 0 Å². The van der Waals surface area contributed by atoms with Crippen LogP contribution in [0.2, 0.25) is 0 Å². The molecule has 0 bridgehead atoms. The number of rotatable bonds is 7. The maximum absolute atomic E-state index is 5.61. The van der Waals surface area contributed by atoms with Gasteiger partial charge >= 0.3 is 0 Å². The molecule has 114 valence electrons. The van der Waals surface area contributed by atoms with Gasteiger partial charge in [0.15, 0.2) is 0 Å². The fraction of sp³-hybridized carbons (Fsp3) is 0.471. The molecule has 1 heterocycles. The molecule has 1 aromatic carbocycles. The Morgan fingerprint density at radius 1 is 1.19 bits per heavy atom. The van der Waals surface area contributed by atoms with Crippen molar-refractivity contribution in [1.82, 2.24) is 10.3 Å². The Hall–Kier alpha value is -1.26. The van der Waals surface area contributed by atoms with Crippen LogP contribution in [0.25, 0.3) is 0 Å². The van der Waals surface area contributed by atoms with E-state index in [9.17, 15) is 0 Å². The standard InChI is InChI=1S/C17H24N2OS/c1-5-11-18-16(6-2)14-7-9-15(10-8-14)21-17-19-12(3)13(4)20-17/h7-10,16,18H,5-6,11H2,1-4H3. The highest BCUT2D eigenvalue weighted by Gasteiger charge is 2.10. The fourth-order valence-electron chi connectivity index (χ4n) is 2.17. The summed E-state index contributed by atoms with van der Waals surface area (Å²) in [4.78, 5) is 5.56. The summed E-state index contributed by atoms with van der Waals surface area (Å²) < 4.78 is 5.61. The van der Waals surface area contributed by atoms with Crippen LogP contribution >= 0.6 is 11.8 Å². The van der Waals surface area contributed by atoms with Gasteiger partial charge in [0.1, 0.15) is 5.76 Å². The van der Waals surface area contributed by atoms with Crippen molar-refractivity contribution in [3.63, 3.8) is 0 Å². The number of nitrogens with zero attached hydrogens (tertiary/aromatic N) is 1. The van der Waals surface area contributed by atoms with Crippen LogP contribution in [0, 0.1) is 13.8 Å². The van der Waals surface area contributed by atoms with Crippen molar-refractivity contribution in [2.45, 2.75) is 56.7 Å². The van der Waals surface area contributed by atoms with Crippen molar-refractivity contribution < 1.29 is 4.42 Å². The average Bonchev–Trinajstić information content (AvgIpc) is 2.79. The molecule has 2 rings (SSSR count). The maximum Gasteiger partial charge on any atom is 0.260 e. The third-order valence-corrected chi connectivity index (χ3v) is 4.40. The Bertz CT molecular complexity index is 543. The lowest BCUT2D eigenvalue weighted by Crippen LogP contribution is -2.21.